The normalized spacial score (nSPS) is 11.6. The molecule has 0 saturated carbocycles. The Balaban J connectivity index is 1.72. The zero-order valence-electron chi connectivity index (χ0n) is 16.7. The minimum atomic E-state index is 0.119. The van der Waals surface area contributed by atoms with Crippen molar-refractivity contribution in [1.82, 2.24) is 15.2 Å². The van der Waals surface area contributed by atoms with E-state index in [1.165, 1.54) is 17.3 Å². The molecule has 0 saturated heterocycles. The summed E-state index contributed by atoms with van der Waals surface area (Å²) in [5.41, 5.74) is 5.35. The van der Waals surface area contributed by atoms with Crippen LogP contribution in [-0.4, -0.2) is 22.3 Å². The molecular formula is C21H25N3O2S. The summed E-state index contributed by atoms with van der Waals surface area (Å²) in [6, 6.07) is 8.27. The second-order valence-electron chi connectivity index (χ2n) is 7.54. The Hall–Kier alpha value is -2.34. The molecule has 0 aliphatic rings. The van der Waals surface area contributed by atoms with E-state index < -0.39 is 0 Å². The number of nitrogens with zero attached hydrogens (tertiary/aromatic N) is 3. The van der Waals surface area contributed by atoms with Crippen LogP contribution < -0.4 is 4.74 Å². The molecule has 142 valence electrons. The number of aryl methyl sites for hydroxylation is 1. The van der Waals surface area contributed by atoms with Gasteiger partial charge in [0.2, 0.25) is 5.89 Å². The molecule has 3 rings (SSSR count). The van der Waals surface area contributed by atoms with Crippen LogP contribution in [0.3, 0.4) is 0 Å². The summed E-state index contributed by atoms with van der Waals surface area (Å²) in [4.78, 5) is 4.51. The summed E-state index contributed by atoms with van der Waals surface area (Å²) in [7, 11) is 1.68. The molecule has 1 aromatic carbocycles. The molecule has 0 aliphatic carbocycles. The maximum absolute atomic E-state index is 5.82. The van der Waals surface area contributed by atoms with Crippen LogP contribution in [0.25, 0.3) is 11.5 Å². The van der Waals surface area contributed by atoms with Crippen molar-refractivity contribution >= 4 is 11.8 Å². The van der Waals surface area contributed by atoms with Gasteiger partial charge in [-0.25, -0.2) is 0 Å². The molecule has 0 unspecified atom stereocenters. The number of thioether (sulfide) groups is 1. The molecule has 0 atom stereocenters. The Bertz CT molecular complexity index is 928. The Morgan fingerprint density at radius 1 is 1.07 bits per heavy atom. The highest BCUT2D eigenvalue weighted by Gasteiger charge is 2.16. The smallest absolute Gasteiger partial charge is 0.277 e. The molecule has 0 bridgehead atoms. The zero-order valence-corrected chi connectivity index (χ0v) is 17.5. The van der Waals surface area contributed by atoms with E-state index in [2.05, 4.69) is 48.1 Å². The number of hydrogen-bond acceptors (Lipinski definition) is 6. The SMILES string of the molecule is COc1c(C)cnc(CSc2nnc(-c3ccc(C(C)(C)C)cc3)o2)c1C. The van der Waals surface area contributed by atoms with Gasteiger partial charge in [0.05, 0.1) is 12.8 Å². The maximum Gasteiger partial charge on any atom is 0.277 e. The fourth-order valence-electron chi connectivity index (χ4n) is 2.84. The van der Waals surface area contributed by atoms with Gasteiger partial charge in [-0.1, -0.05) is 44.7 Å². The second-order valence-corrected chi connectivity index (χ2v) is 8.46. The van der Waals surface area contributed by atoms with E-state index in [1.807, 2.05) is 32.2 Å². The van der Waals surface area contributed by atoms with Crippen LogP contribution in [0.5, 0.6) is 5.75 Å². The zero-order chi connectivity index (χ0) is 19.6. The van der Waals surface area contributed by atoms with E-state index in [-0.39, 0.29) is 5.41 Å². The highest BCUT2D eigenvalue weighted by Crippen LogP contribution is 2.30. The molecule has 0 N–H and O–H groups in total. The quantitative estimate of drug-likeness (QED) is 0.554. The number of benzene rings is 1. The lowest BCUT2D eigenvalue weighted by atomic mass is 9.87. The fraction of sp³-hybridized carbons (Fsp3) is 0.381. The monoisotopic (exact) mass is 383 g/mol. The molecule has 5 nitrogen and oxygen atoms in total. The third-order valence-electron chi connectivity index (χ3n) is 4.49. The fourth-order valence-corrected chi connectivity index (χ4v) is 3.63. The van der Waals surface area contributed by atoms with E-state index in [4.69, 9.17) is 9.15 Å². The molecule has 2 aromatic heterocycles. The van der Waals surface area contributed by atoms with Gasteiger partial charge >= 0.3 is 0 Å². The van der Waals surface area contributed by atoms with Crippen molar-refractivity contribution in [2.24, 2.45) is 0 Å². The number of rotatable bonds is 5. The molecule has 0 spiro atoms. The van der Waals surface area contributed by atoms with Crippen molar-refractivity contribution in [3.05, 3.63) is 52.8 Å². The summed E-state index contributed by atoms with van der Waals surface area (Å²) >= 11 is 1.48. The summed E-state index contributed by atoms with van der Waals surface area (Å²) < 4.78 is 11.3. The Labute approximate surface area is 164 Å². The number of hydrogen-bond donors (Lipinski definition) is 0. The standard InChI is InChI=1S/C21H25N3O2S/c1-13-11-22-17(14(2)18(13)25-6)12-27-20-24-23-19(26-20)15-7-9-16(10-8-15)21(3,4)5/h7-11H,12H2,1-6H3. The van der Waals surface area contributed by atoms with E-state index in [0.29, 0.717) is 16.9 Å². The van der Waals surface area contributed by atoms with Crippen LogP contribution in [0, 0.1) is 13.8 Å². The topological polar surface area (TPSA) is 61.0 Å². The number of methoxy groups -OCH3 is 1. The summed E-state index contributed by atoms with van der Waals surface area (Å²) in [6.45, 7) is 10.6. The third kappa shape index (κ3) is 4.33. The first-order chi connectivity index (χ1) is 12.8. The molecule has 27 heavy (non-hydrogen) atoms. The molecule has 0 aliphatic heterocycles. The van der Waals surface area contributed by atoms with E-state index in [0.717, 1.165) is 28.1 Å². The lowest BCUT2D eigenvalue weighted by Crippen LogP contribution is -2.10. The van der Waals surface area contributed by atoms with E-state index in [9.17, 15) is 0 Å². The van der Waals surface area contributed by atoms with Gasteiger partial charge in [-0.15, -0.1) is 10.2 Å². The number of ether oxygens (including phenoxy) is 1. The van der Waals surface area contributed by atoms with Gasteiger partial charge in [-0.3, -0.25) is 4.98 Å². The third-order valence-corrected chi connectivity index (χ3v) is 5.32. The van der Waals surface area contributed by atoms with Crippen molar-refractivity contribution in [3.63, 3.8) is 0 Å². The van der Waals surface area contributed by atoms with Crippen LogP contribution in [0.2, 0.25) is 0 Å². The average Bonchev–Trinajstić information content (AvgIpc) is 3.10. The largest absolute Gasteiger partial charge is 0.496 e. The lowest BCUT2D eigenvalue weighted by molar-refractivity contribution is 0.407. The van der Waals surface area contributed by atoms with Gasteiger partial charge in [0, 0.05) is 28.6 Å². The molecule has 3 aromatic rings. The van der Waals surface area contributed by atoms with Crippen molar-refractivity contribution in [1.29, 1.82) is 0 Å². The summed E-state index contributed by atoms with van der Waals surface area (Å²) in [5.74, 6) is 2.06. The molecule has 0 radical (unpaired) electrons. The average molecular weight is 384 g/mol. The van der Waals surface area contributed by atoms with Gasteiger partial charge < -0.3 is 9.15 Å². The maximum atomic E-state index is 5.82. The van der Waals surface area contributed by atoms with Gasteiger partial charge in [0.1, 0.15) is 5.75 Å². The van der Waals surface area contributed by atoms with Gasteiger partial charge in [-0.2, -0.15) is 0 Å². The highest BCUT2D eigenvalue weighted by atomic mass is 32.2. The van der Waals surface area contributed by atoms with Crippen LogP contribution in [0.4, 0.5) is 0 Å². The van der Waals surface area contributed by atoms with E-state index >= 15 is 0 Å². The predicted octanol–water partition coefficient (Wildman–Crippen LogP) is 5.35. The molecule has 0 fully saturated rings. The van der Waals surface area contributed by atoms with E-state index in [1.54, 1.807) is 7.11 Å². The van der Waals surface area contributed by atoms with Crippen LogP contribution in [-0.2, 0) is 11.2 Å². The van der Waals surface area contributed by atoms with Crippen molar-refractivity contribution in [2.45, 2.75) is 51.0 Å². The van der Waals surface area contributed by atoms with Crippen molar-refractivity contribution in [3.8, 4) is 17.2 Å². The van der Waals surface area contributed by atoms with Crippen molar-refractivity contribution in [2.75, 3.05) is 7.11 Å². The van der Waals surface area contributed by atoms with Crippen molar-refractivity contribution < 1.29 is 9.15 Å². The molecule has 0 amide bonds. The summed E-state index contributed by atoms with van der Waals surface area (Å²) in [5, 5.41) is 8.87. The van der Waals surface area contributed by atoms with Crippen LogP contribution in [0.15, 0.2) is 40.1 Å². The molecular weight excluding hydrogens is 358 g/mol. The number of pyridine rings is 1. The Kier molecular flexibility index (Phi) is 5.56. The number of aromatic nitrogens is 3. The van der Waals surface area contributed by atoms with Gasteiger partial charge in [0.25, 0.3) is 5.22 Å². The first kappa shape index (κ1) is 19.4. The first-order valence-electron chi connectivity index (χ1n) is 8.86. The van der Waals surface area contributed by atoms with Crippen LogP contribution in [0.1, 0.15) is 43.2 Å². The highest BCUT2D eigenvalue weighted by molar-refractivity contribution is 7.98. The minimum Gasteiger partial charge on any atom is -0.496 e. The summed E-state index contributed by atoms with van der Waals surface area (Å²) in [6.07, 6.45) is 1.83. The lowest BCUT2D eigenvalue weighted by Gasteiger charge is -2.18. The first-order valence-corrected chi connectivity index (χ1v) is 9.84. The molecule has 2 heterocycles. The Morgan fingerprint density at radius 2 is 1.78 bits per heavy atom. The minimum absolute atomic E-state index is 0.119. The van der Waals surface area contributed by atoms with Gasteiger partial charge in [0.15, 0.2) is 0 Å². The Morgan fingerprint density at radius 3 is 2.41 bits per heavy atom. The molecule has 6 heteroatoms. The van der Waals surface area contributed by atoms with Gasteiger partial charge in [-0.05, 0) is 37.0 Å². The van der Waals surface area contributed by atoms with Crippen LogP contribution >= 0.6 is 11.8 Å². The second kappa shape index (κ2) is 7.72. The predicted molar refractivity (Wildman–Crippen MR) is 108 cm³/mol.